The van der Waals surface area contributed by atoms with Crippen LogP contribution in [-0.2, 0) is 9.53 Å². The molecule has 0 aliphatic carbocycles. The summed E-state index contributed by atoms with van der Waals surface area (Å²) in [6.07, 6.45) is 0. The van der Waals surface area contributed by atoms with E-state index in [9.17, 15) is 14.4 Å². The van der Waals surface area contributed by atoms with E-state index in [1.165, 1.54) is 25.3 Å². The van der Waals surface area contributed by atoms with E-state index in [1.807, 2.05) is 0 Å². The van der Waals surface area contributed by atoms with Crippen LogP contribution in [0.3, 0.4) is 0 Å². The zero-order chi connectivity index (χ0) is 20.3. The quantitative estimate of drug-likeness (QED) is 0.495. The van der Waals surface area contributed by atoms with Gasteiger partial charge in [-0.15, -0.1) is 0 Å². The van der Waals surface area contributed by atoms with E-state index in [1.54, 1.807) is 24.3 Å². The first kappa shape index (κ1) is 19.7. The number of carbonyl (C=O) groups excluding carboxylic acids is 2. The Hall–Kier alpha value is -3.03. The van der Waals surface area contributed by atoms with Gasteiger partial charge >= 0.3 is 11.6 Å². The van der Waals surface area contributed by atoms with Gasteiger partial charge in [0.15, 0.2) is 17.9 Å². The van der Waals surface area contributed by atoms with Crippen LogP contribution >= 0.6 is 23.2 Å². The van der Waals surface area contributed by atoms with Crippen molar-refractivity contribution in [3.8, 4) is 5.75 Å². The van der Waals surface area contributed by atoms with E-state index >= 15 is 0 Å². The number of esters is 1. The highest BCUT2D eigenvalue weighted by Gasteiger charge is 2.18. The van der Waals surface area contributed by atoms with Crippen LogP contribution in [0.1, 0.15) is 10.4 Å². The summed E-state index contributed by atoms with van der Waals surface area (Å²) in [4.78, 5) is 36.3. The highest BCUT2D eigenvalue weighted by molar-refractivity contribution is 6.36. The van der Waals surface area contributed by atoms with Gasteiger partial charge in [0.2, 0.25) is 0 Å². The molecule has 28 heavy (non-hydrogen) atoms. The number of amides is 1. The maximum atomic E-state index is 12.2. The lowest BCUT2D eigenvalue weighted by atomic mass is 10.2. The topological polar surface area (TPSA) is 94.8 Å². The first-order valence-electron chi connectivity index (χ1n) is 7.92. The fourth-order valence-corrected chi connectivity index (χ4v) is 2.86. The summed E-state index contributed by atoms with van der Waals surface area (Å²) >= 11 is 11.7. The molecule has 1 aromatic heterocycles. The van der Waals surface area contributed by atoms with Gasteiger partial charge in [0.25, 0.3) is 5.91 Å². The first-order chi connectivity index (χ1) is 13.4. The third kappa shape index (κ3) is 4.27. The van der Waals surface area contributed by atoms with Gasteiger partial charge in [0.1, 0.15) is 5.56 Å². The van der Waals surface area contributed by atoms with E-state index in [-0.39, 0.29) is 16.2 Å². The molecule has 0 spiro atoms. The van der Waals surface area contributed by atoms with Crippen molar-refractivity contribution in [2.24, 2.45) is 0 Å². The molecule has 0 bridgehead atoms. The highest BCUT2D eigenvalue weighted by Crippen LogP contribution is 2.26. The summed E-state index contributed by atoms with van der Waals surface area (Å²) in [6, 6.07) is 10.8. The van der Waals surface area contributed by atoms with Gasteiger partial charge in [-0.3, -0.25) is 4.79 Å². The molecular weight excluding hydrogens is 409 g/mol. The molecule has 0 aliphatic rings. The van der Waals surface area contributed by atoms with E-state index in [0.717, 1.165) is 0 Å². The summed E-state index contributed by atoms with van der Waals surface area (Å²) in [5, 5.41) is 3.60. The Bertz CT molecular complexity index is 1130. The zero-order valence-corrected chi connectivity index (χ0v) is 16.0. The van der Waals surface area contributed by atoms with Gasteiger partial charge < -0.3 is 19.2 Å². The average Bonchev–Trinajstić information content (AvgIpc) is 2.67. The van der Waals surface area contributed by atoms with Crippen LogP contribution in [0.25, 0.3) is 11.0 Å². The third-order valence-corrected chi connectivity index (χ3v) is 4.25. The number of methoxy groups -OCH3 is 1. The Morgan fingerprint density at radius 2 is 1.93 bits per heavy atom. The van der Waals surface area contributed by atoms with Crippen LogP contribution < -0.4 is 15.7 Å². The molecular formula is C19H13Cl2NO6. The van der Waals surface area contributed by atoms with Crippen LogP contribution in [0, 0.1) is 0 Å². The third-order valence-electron chi connectivity index (χ3n) is 3.70. The Balaban J connectivity index is 1.71. The number of fused-ring (bicyclic) bond motifs is 1. The van der Waals surface area contributed by atoms with Gasteiger partial charge in [0.05, 0.1) is 17.8 Å². The Morgan fingerprint density at radius 3 is 2.64 bits per heavy atom. The van der Waals surface area contributed by atoms with Crippen molar-refractivity contribution in [1.82, 2.24) is 0 Å². The maximum Gasteiger partial charge on any atom is 0.351 e. The Morgan fingerprint density at radius 1 is 1.14 bits per heavy atom. The van der Waals surface area contributed by atoms with Gasteiger partial charge in [-0.1, -0.05) is 35.3 Å². The number of anilines is 1. The summed E-state index contributed by atoms with van der Waals surface area (Å²) in [7, 11) is 1.43. The lowest BCUT2D eigenvalue weighted by molar-refractivity contribution is -0.119. The molecule has 0 aliphatic heterocycles. The fraction of sp³-hybridized carbons (Fsp3) is 0.105. The lowest BCUT2D eigenvalue weighted by Crippen LogP contribution is -2.23. The van der Waals surface area contributed by atoms with Crippen LogP contribution in [-0.4, -0.2) is 25.6 Å². The van der Waals surface area contributed by atoms with E-state index in [2.05, 4.69) is 5.32 Å². The van der Waals surface area contributed by atoms with Crippen molar-refractivity contribution in [3.63, 3.8) is 0 Å². The van der Waals surface area contributed by atoms with Crippen molar-refractivity contribution in [1.29, 1.82) is 0 Å². The molecule has 7 nitrogen and oxygen atoms in total. The normalized spacial score (nSPS) is 10.5. The van der Waals surface area contributed by atoms with Gasteiger partial charge in [-0.25, -0.2) is 9.59 Å². The van der Waals surface area contributed by atoms with Crippen LogP contribution in [0.5, 0.6) is 5.75 Å². The highest BCUT2D eigenvalue weighted by atomic mass is 35.5. The first-order valence-corrected chi connectivity index (χ1v) is 8.67. The second-order valence-electron chi connectivity index (χ2n) is 5.57. The predicted octanol–water partition coefficient (Wildman–Crippen LogP) is 3.90. The molecule has 144 valence electrons. The number of rotatable bonds is 5. The maximum absolute atomic E-state index is 12.2. The summed E-state index contributed by atoms with van der Waals surface area (Å²) in [6.45, 7) is -0.618. The number of benzene rings is 2. The summed E-state index contributed by atoms with van der Waals surface area (Å²) < 4.78 is 15.2. The van der Waals surface area contributed by atoms with E-state index in [0.29, 0.717) is 21.8 Å². The second-order valence-corrected chi connectivity index (χ2v) is 6.42. The minimum atomic E-state index is -0.990. The van der Waals surface area contributed by atoms with Crippen molar-refractivity contribution < 1.29 is 23.5 Å². The van der Waals surface area contributed by atoms with Crippen LogP contribution in [0.2, 0.25) is 10.0 Å². The van der Waals surface area contributed by atoms with Gasteiger partial charge in [-0.2, -0.15) is 0 Å². The zero-order valence-electron chi connectivity index (χ0n) is 14.5. The molecule has 0 radical (unpaired) electrons. The molecule has 0 fully saturated rings. The minimum absolute atomic E-state index is 0.210. The minimum Gasteiger partial charge on any atom is -0.493 e. The van der Waals surface area contributed by atoms with Crippen molar-refractivity contribution in [2.75, 3.05) is 19.0 Å². The number of hydrogen-bond acceptors (Lipinski definition) is 6. The van der Waals surface area contributed by atoms with E-state index in [4.69, 9.17) is 37.1 Å². The molecule has 2 aromatic carbocycles. The predicted molar refractivity (Wildman–Crippen MR) is 104 cm³/mol. The number of ether oxygens (including phenoxy) is 2. The molecule has 1 amide bonds. The molecule has 9 heteroatoms. The second kappa shape index (κ2) is 8.33. The van der Waals surface area contributed by atoms with Crippen molar-refractivity contribution in [3.05, 3.63) is 68.5 Å². The van der Waals surface area contributed by atoms with Crippen LogP contribution in [0.4, 0.5) is 5.69 Å². The van der Waals surface area contributed by atoms with Gasteiger partial charge in [0, 0.05) is 10.4 Å². The number of halogens is 2. The Labute approximate surface area is 168 Å². The van der Waals surface area contributed by atoms with E-state index < -0.39 is 24.1 Å². The lowest BCUT2D eigenvalue weighted by Gasteiger charge is -2.08. The molecule has 3 aromatic rings. The molecule has 1 N–H and O–H groups in total. The smallest absolute Gasteiger partial charge is 0.351 e. The monoisotopic (exact) mass is 421 g/mol. The molecule has 0 saturated heterocycles. The molecule has 0 unspecified atom stereocenters. The number of hydrogen-bond donors (Lipinski definition) is 1. The van der Waals surface area contributed by atoms with Gasteiger partial charge in [-0.05, 0) is 30.3 Å². The average molecular weight is 422 g/mol. The standard InChI is InChI=1S/C19H13Cl2NO6/c1-26-15-4-2-3-10-7-12(19(25)28-17(10)15)18(24)27-9-16(23)22-14-6-5-11(20)8-13(14)21/h2-8H,9H2,1H3,(H,22,23). The van der Waals surface area contributed by atoms with Crippen molar-refractivity contribution in [2.45, 2.75) is 0 Å². The number of nitrogens with one attached hydrogen (secondary N) is 1. The van der Waals surface area contributed by atoms with Crippen LogP contribution in [0.15, 0.2) is 51.7 Å². The summed E-state index contributed by atoms with van der Waals surface area (Å²) in [5.74, 6) is -1.27. The largest absolute Gasteiger partial charge is 0.493 e. The fourth-order valence-electron chi connectivity index (χ4n) is 2.41. The molecule has 3 rings (SSSR count). The SMILES string of the molecule is COc1cccc2cc(C(=O)OCC(=O)Nc3ccc(Cl)cc3Cl)c(=O)oc12. The number of carbonyl (C=O) groups is 2. The Kier molecular flexibility index (Phi) is 5.87. The molecule has 1 heterocycles. The molecule has 0 atom stereocenters. The molecule has 0 saturated carbocycles. The number of para-hydroxylation sites is 1. The summed E-state index contributed by atoms with van der Waals surface area (Å²) in [5.41, 5.74) is -0.715. The van der Waals surface area contributed by atoms with Crippen molar-refractivity contribution >= 4 is 51.7 Å².